The number of ether oxygens (including phenoxy) is 1. The largest absolute Gasteiger partial charge is 0.376 e. The predicted molar refractivity (Wildman–Crippen MR) is 85.4 cm³/mol. The van der Waals surface area contributed by atoms with E-state index in [0.29, 0.717) is 12.1 Å². The Bertz CT molecular complexity index is 714. The van der Waals surface area contributed by atoms with Gasteiger partial charge < -0.3 is 9.64 Å². The molecule has 1 aromatic carbocycles. The molecule has 1 aliphatic rings. The van der Waals surface area contributed by atoms with Gasteiger partial charge in [-0.2, -0.15) is 0 Å². The van der Waals surface area contributed by atoms with Crippen molar-refractivity contribution in [2.24, 2.45) is 5.11 Å². The summed E-state index contributed by atoms with van der Waals surface area (Å²) in [6, 6.07) is 6.13. The third kappa shape index (κ3) is 4.22. The second kappa shape index (κ2) is 7.45. The van der Waals surface area contributed by atoms with Crippen molar-refractivity contribution in [2.45, 2.75) is 12.1 Å². The highest BCUT2D eigenvalue weighted by Crippen LogP contribution is 2.27. The molecule has 0 aromatic heterocycles. The second-order valence-corrected chi connectivity index (χ2v) is 7.03. The SMILES string of the molecule is CO[C@H](c1ccc(N2C=CS(=O)(=O)CC2)cc1)[C@@H](CF)N=[N+]=[N-]. The molecule has 2 rings (SSSR count). The Morgan fingerprint density at radius 2 is 2.13 bits per heavy atom. The number of hydrogen-bond acceptors (Lipinski definition) is 5. The van der Waals surface area contributed by atoms with Gasteiger partial charge in [0, 0.05) is 35.9 Å². The summed E-state index contributed by atoms with van der Waals surface area (Å²) in [7, 11) is -1.68. The molecule has 9 heteroatoms. The normalized spacial score (nSPS) is 19.0. The van der Waals surface area contributed by atoms with Gasteiger partial charge >= 0.3 is 0 Å². The van der Waals surface area contributed by atoms with Gasteiger partial charge in [0.25, 0.3) is 0 Å². The lowest BCUT2D eigenvalue weighted by Crippen LogP contribution is -2.28. The molecule has 0 amide bonds. The van der Waals surface area contributed by atoms with E-state index in [1.165, 1.54) is 18.7 Å². The van der Waals surface area contributed by atoms with Crippen molar-refractivity contribution in [1.29, 1.82) is 0 Å². The smallest absolute Gasteiger partial charge is 0.174 e. The second-order valence-electron chi connectivity index (χ2n) is 5.02. The highest BCUT2D eigenvalue weighted by Gasteiger charge is 2.22. The number of benzene rings is 1. The molecule has 1 heterocycles. The highest BCUT2D eigenvalue weighted by atomic mass is 32.2. The molecular weight excluding hydrogens is 323 g/mol. The van der Waals surface area contributed by atoms with Crippen LogP contribution in [0.2, 0.25) is 0 Å². The van der Waals surface area contributed by atoms with Crippen LogP contribution in [0.25, 0.3) is 10.4 Å². The van der Waals surface area contributed by atoms with Crippen LogP contribution in [-0.2, 0) is 14.6 Å². The number of hydrogen-bond donors (Lipinski definition) is 0. The number of sulfone groups is 1. The molecule has 124 valence electrons. The van der Waals surface area contributed by atoms with Gasteiger partial charge in [-0.15, -0.1) is 0 Å². The molecule has 1 aliphatic heterocycles. The van der Waals surface area contributed by atoms with E-state index in [1.54, 1.807) is 24.3 Å². The number of anilines is 1. The molecular formula is C14H17FN4O3S. The van der Waals surface area contributed by atoms with Gasteiger partial charge in [-0.3, -0.25) is 4.39 Å². The van der Waals surface area contributed by atoms with E-state index >= 15 is 0 Å². The topological polar surface area (TPSA) is 95.4 Å². The van der Waals surface area contributed by atoms with Crippen molar-refractivity contribution in [2.75, 3.05) is 31.0 Å². The van der Waals surface area contributed by atoms with E-state index in [1.807, 2.05) is 4.90 Å². The standard InChI is InChI=1S/C14H17FN4O3S/c1-22-14(13(10-15)17-18-16)11-2-4-12(5-3-11)19-6-8-23(20,21)9-7-19/h2-6,8,13-14H,7,9-10H2,1H3/t13-,14-/m1/s1. The lowest BCUT2D eigenvalue weighted by Gasteiger charge is -2.25. The Morgan fingerprint density at radius 1 is 1.43 bits per heavy atom. The first-order valence-corrected chi connectivity index (χ1v) is 8.63. The third-order valence-electron chi connectivity index (χ3n) is 3.58. The van der Waals surface area contributed by atoms with Gasteiger partial charge in [0.2, 0.25) is 0 Å². The lowest BCUT2D eigenvalue weighted by atomic mass is 10.0. The number of rotatable bonds is 6. The number of methoxy groups -OCH3 is 1. The summed E-state index contributed by atoms with van der Waals surface area (Å²) in [6.07, 6.45) is 0.841. The van der Waals surface area contributed by atoms with E-state index in [2.05, 4.69) is 10.0 Å². The van der Waals surface area contributed by atoms with Crippen molar-refractivity contribution in [3.05, 3.63) is 51.9 Å². The minimum absolute atomic E-state index is 0.0623. The molecule has 0 radical (unpaired) electrons. The van der Waals surface area contributed by atoms with Crippen LogP contribution < -0.4 is 4.90 Å². The van der Waals surface area contributed by atoms with E-state index in [-0.39, 0.29) is 5.75 Å². The minimum atomic E-state index is -3.10. The maximum Gasteiger partial charge on any atom is 0.174 e. The average molecular weight is 340 g/mol. The van der Waals surface area contributed by atoms with Crippen molar-refractivity contribution in [1.82, 2.24) is 0 Å². The van der Waals surface area contributed by atoms with E-state index in [4.69, 9.17) is 10.3 Å². The Kier molecular flexibility index (Phi) is 5.59. The van der Waals surface area contributed by atoms with Crippen LogP contribution in [0.5, 0.6) is 0 Å². The molecule has 0 aliphatic carbocycles. The highest BCUT2D eigenvalue weighted by molar-refractivity contribution is 7.94. The van der Waals surface area contributed by atoms with Gasteiger partial charge in [0.15, 0.2) is 9.84 Å². The Labute approximate surface area is 133 Å². The molecule has 0 spiro atoms. The van der Waals surface area contributed by atoms with Crippen molar-refractivity contribution < 1.29 is 17.5 Å². The third-order valence-corrected chi connectivity index (χ3v) is 4.87. The van der Waals surface area contributed by atoms with Crippen LogP contribution in [0, 0.1) is 0 Å². The zero-order valence-corrected chi connectivity index (χ0v) is 13.4. The molecule has 1 aromatic rings. The molecule has 0 saturated carbocycles. The fourth-order valence-corrected chi connectivity index (χ4v) is 3.28. The molecule has 0 N–H and O–H groups in total. The number of azide groups is 1. The lowest BCUT2D eigenvalue weighted by molar-refractivity contribution is 0.0722. The fourth-order valence-electron chi connectivity index (χ4n) is 2.36. The monoisotopic (exact) mass is 340 g/mol. The van der Waals surface area contributed by atoms with Gasteiger partial charge in [-0.05, 0) is 23.2 Å². The maximum atomic E-state index is 13.0. The van der Waals surface area contributed by atoms with Crippen molar-refractivity contribution in [3.8, 4) is 0 Å². The number of halogens is 1. The van der Waals surface area contributed by atoms with Crippen molar-refractivity contribution in [3.63, 3.8) is 0 Å². The summed E-state index contributed by atoms with van der Waals surface area (Å²) in [5.41, 5.74) is 9.98. The van der Waals surface area contributed by atoms with Crippen molar-refractivity contribution >= 4 is 15.5 Å². The summed E-state index contributed by atoms with van der Waals surface area (Å²) in [4.78, 5) is 4.45. The summed E-state index contributed by atoms with van der Waals surface area (Å²) in [6.45, 7) is -0.450. The van der Waals surface area contributed by atoms with E-state index in [9.17, 15) is 12.8 Å². The summed E-state index contributed by atoms with van der Waals surface area (Å²) in [5, 5.41) is 4.59. The van der Waals surface area contributed by atoms with Gasteiger partial charge in [0.1, 0.15) is 6.67 Å². The maximum absolute atomic E-state index is 13.0. The van der Waals surface area contributed by atoms with Crippen LogP contribution in [0.3, 0.4) is 0 Å². The molecule has 7 nitrogen and oxygen atoms in total. The predicted octanol–water partition coefficient (Wildman–Crippen LogP) is 2.73. The zero-order chi connectivity index (χ0) is 16.9. The Morgan fingerprint density at radius 3 is 2.61 bits per heavy atom. The first-order valence-electron chi connectivity index (χ1n) is 6.91. The molecule has 2 atom stereocenters. The summed E-state index contributed by atoms with van der Waals surface area (Å²) in [5.74, 6) is 0.0623. The minimum Gasteiger partial charge on any atom is -0.376 e. The van der Waals surface area contributed by atoms with Crippen LogP contribution in [0.15, 0.2) is 41.0 Å². The van der Waals surface area contributed by atoms with Crippen LogP contribution >= 0.6 is 0 Å². The molecule has 0 unspecified atom stereocenters. The van der Waals surface area contributed by atoms with Gasteiger partial charge in [-0.1, -0.05) is 17.2 Å². The van der Waals surface area contributed by atoms with Crippen LogP contribution in [-0.4, -0.2) is 40.5 Å². The number of nitrogens with zero attached hydrogens (tertiary/aromatic N) is 4. The average Bonchev–Trinajstić information content (AvgIpc) is 2.55. The van der Waals surface area contributed by atoms with E-state index in [0.717, 1.165) is 5.69 Å². The molecule has 0 fully saturated rings. The molecule has 0 bridgehead atoms. The zero-order valence-electron chi connectivity index (χ0n) is 12.5. The van der Waals surface area contributed by atoms with Crippen LogP contribution in [0.4, 0.5) is 10.1 Å². The fraction of sp³-hybridized carbons (Fsp3) is 0.429. The number of alkyl halides is 1. The van der Waals surface area contributed by atoms with E-state index < -0.39 is 28.7 Å². The Hall–Kier alpha value is -2.09. The van der Waals surface area contributed by atoms with Gasteiger partial charge in [0.05, 0.1) is 17.9 Å². The summed E-state index contributed by atoms with van der Waals surface area (Å²) >= 11 is 0. The molecule has 23 heavy (non-hydrogen) atoms. The molecule has 0 saturated heterocycles. The van der Waals surface area contributed by atoms with Crippen LogP contribution in [0.1, 0.15) is 11.7 Å². The Balaban J connectivity index is 2.20. The quantitative estimate of drug-likeness (QED) is 0.452. The van der Waals surface area contributed by atoms with Gasteiger partial charge in [-0.25, -0.2) is 8.42 Å². The first kappa shape index (κ1) is 17.3. The summed E-state index contributed by atoms with van der Waals surface area (Å²) < 4.78 is 41.0. The first-order chi connectivity index (χ1) is 11.0.